The zero-order valence-corrected chi connectivity index (χ0v) is 10.0. The van der Waals surface area contributed by atoms with Gasteiger partial charge in [0, 0.05) is 17.8 Å². The summed E-state index contributed by atoms with van der Waals surface area (Å²) in [5.74, 6) is 0. The van der Waals surface area contributed by atoms with E-state index >= 15 is 0 Å². The molecule has 0 aromatic heterocycles. The largest absolute Gasteiger partial charge is 0.383 e. The molecule has 0 saturated heterocycles. The highest BCUT2D eigenvalue weighted by Crippen LogP contribution is 2.12. The van der Waals surface area contributed by atoms with Crippen LogP contribution in [0, 0.1) is 0 Å². The molecule has 16 heavy (non-hydrogen) atoms. The third-order valence-electron chi connectivity index (χ3n) is 1.90. The fraction of sp³-hybridized carbons (Fsp3) is 0.364. The van der Waals surface area contributed by atoms with E-state index in [-0.39, 0.29) is 12.1 Å². The quantitative estimate of drug-likeness (QED) is 0.852. The summed E-state index contributed by atoms with van der Waals surface area (Å²) < 4.78 is 4.91. The lowest BCUT2D eigenvalue weighted by Crippen LogP contribution is -2.38. The number of hydrogen-bond acceptors (Lipinski definition) is 2. The Bertz CT molecular complexity index is 340. The van der Waals surface area contributed by atoms with Crippen molar-refractivity contribution < 1.29 is 9.53 Å². The second-order valence-corrected chi connectivity index (χ2v) is 3.90. The van der Waals surface area contributed by atoms with Crippen LogP contribution in [0.2, 0.25) is 5.02 Å². The van der Waals surface area contributed by atoms with Crippen molar-refractivity contribution in [2.75, 3.05) is 19.0 Å². The van der Waals surface area contributed by atoms with E-state index in [1.54, 1.807) is 31.4 Å². The predicted octanol–water partition coefficient (Wildman–Crippen LogP) is 2.50. The van der Waals surface area contributed by atoms with Crippen molar-refractivity contribution in [1.29, 1.82) is 0 Å². The predicted molar refractivity (Wildman–Crippen MR) is 64.9 cm³/mol. The van der Waals surface area contributed by atoms with Gasteiger partial charge in [-0.25, -0.2) is 4.79 Å². The molecule has 0 saturated carbocycles. The summed E-state index contributed by atoms with van der Waals surface area (Å²) in [6.45, 7) is 2.35. The highest BCUT2D eigenvalue weighted by Gasteiger charge is 2.06. The SMILES string of the molecule is COCC(C)NC(=O)Nc1ccc(Cl)cc1. The van der Waals surface area contributed by atoms with Crippen LogP contribution in [-0.4, -0.2) is 25.8 Å². The summed E-state index contributed by atoms with van der Waals surface area (Å²) in [6.07, 6.45) is 0. The van der Waals surface area contributed by atoms with Gasteiger partial charge in [0.05, 0.1) is 12.6 Å². The van der Waals surface area contributed by atoms with E-state index < -0.39 is 0 Å². The van der Waals surface area contributed by atoms with E-state index in [1.807, 2.05) is 6.92 Å². The van der Waals surface area contributed by atoms with Gasteiger partial charge >= 0.3 is 6.03 Å². The van der Waals surface area contributed by atoms with Gasteiger partial charge in [0.15, 0.2) is 0 Å². The first-order valence-corrected chi connectivity index (χ1v) is 5.31. The van der Waals surface area contributed by atoms with Gasteiger partial charge in [0.1, 0.15) is 0 Å². The van der Waals surface area contributed by atoms with Crippen molar-refractivity contribution in [3.63, 3.8) is 0 Å². The molecule has 0 spiro atoms. The summed E-state index contributed by atoms with van der Waals surface area (Å²) in [7, 11) is 1.59. The average molecular weight is 243 g/mol. The maximum atomic E-state index is 11.5. The minimum atomic E-state index is -0.258. The third-order valence-corrected chi connectivity index (χ3v) is 2.15. The number of ether oxygens (including phenoxy) is 1. The molecule has 0 aliphatic rings. The Labute approximate surface area is 99.9 Å². The first-order chi connectivity index (χ1) is 7.61. The van der Waals surface area contributed by atoms with Gasteiger partial charge in [-0.1, -0.05) is 11.6 Å². The van der Waals surface area contributed by atoms with E-state index in [2.05, 4.69) is 10.6 Å². The van der Waals surface area contributed by atoms with Gasteiger partial charge < -0.3 is 15.4 Å². The van der Waals surface area contributed by atoms with Gasteiger partial charge in [0.25, 0.3) is 0 Å². The first-order valence-electron chi connectivity index (χ1n) is 4.94. The molecule has 0 aliphatic heterocycles. The van der Waals surface area contributed by atoms with Crippen LogP contribution in [0.5, 0.6) is 0 Å². The molecule has 0 aliphatic carbocycles. The summed E-state index contributed by atoms with van der Waals surface area (Å²) in [6, 6.07) is 6.63. The molecular weight excluding hydrogens is 228 g/mol. The molecule has 2 N–H and O–H groups in total. The van der Waals surface area contributed by atoms with Crippen molar-refractivity contribution in [3.8, 4) is 0 Å². The maximum absolute atomic E-state index is 11.5. The number of urea groups is 1. The fourth-order valence-electron chi connectivity index (χ4n) is 1.22. The third kappa shape index (κ3) is 4.51. The van der Waals surface area contributed by atoms with Gasteiger partial charge in [-0.3, -0.25) is 0 Å². The van der Waals surface area contributed by atoms with E-state index in [1.165, 1.54) is 0 Å². The number of amides is 2. The van der Waals surface area contributed by atoms with Crippen LogP contribution in [0.1, 0.15) is 6.92 Å². The van der Waals surface area contributed by atoms with Gasteiger partial charge in [-0.2, -0.15) is 0 Å². The van der Waals surface area contributed by atoms with Gasteiger partial charge in [0.2, 0.25) is 0 Å². The maximum Gasteiger partial charge on any atom is 0.319 e. The van der Waals surface area contributed by atoms with E-state index in [9.17, 15) is 4.79 Å². The van der Waals surface area contributed by atoms with Crippen LogP contribution in [-0.2, 0) is 4.74 Å². The lowest BCUT2D eigenvalue weighted by Gasteiger charge is -2.13. The number of hydrogen-bond donors (Lipinski definition) is 2. The standard InChI is InChI=1S/C11H15ClN2O2/c1-8(7-16-2)13-11(15)14-10-5-3-9(12)4-6-10/h3-6,8H,7H2,1-2H3,(H2,13,14,15). The van der Waals surface area contributed by atoms with Crippen molar-refractivity contribution in [2.24, 2.45) is 0 Å². The van der Waals surface area contributed by atoms with E-state index in [4.69, 9.17) is 16.3 Å². The molecule has 4 nitrogen and oxygen atoms in total. The number of carbonyl (C=O) groups is 1. The highest BCUT2D eigenvalue weighted by molar-refractivity contribution is 6.30. The van der Waals surface area contributed by atoms with E-state index in [0.29, 0.717) is 17.3 Å². The minimum absolute atomic E-state index is 0.0303. The minimum Gasteiger partial charge on any atom is -0.383 e. The second kappa shape index (κ2) is 6.35. The Morgan fingerprint density at radius 3 is 2.62 bits per heavy atom. The monoisotopic (exact) mass is 242 g/mol. The zero-order chi connectivity index (χ0) is 12.0. The fourth-order valence-corrected chi connectivity index (χ4v) is 1.34. The molecule has 1 unspecified atom stereocenters. The van der Waals surface area contributed by atoms with E-state index in [0.717, 1.165) is 0 Å². The van der Waals surface area contributed by atoms with Crippen molar-refractivity contribution in [2.45, 2.75) is 13.0 Å². The summed E-state index contributed by atoms with van der Waals surface area (Å²) in [5, 5.41) is 6.07. The lowest BCUT2D eigenvalue weighted by atomic mass is 10.3. The molecule has 0 heterocycles. The molecule has 0 bridgehead atoms. The number of nitrogens with one attached hydrogen (secondary N) is 2. The smallest absolute Gasteiger partial charge is 0.319 e. The molecule has 1 rings (SSSR count). The first kappa shape index (κ1) is 12.8. The van der Waals surface area contributed by atoms with Crippen LogP contribution in [0.15, 0.2) is 24.3 Å². The molecule has 5 heteroatoms. The number of methoxy groups -OCH3 is 1. The van der Waals surface area contributed by atoms with Crippen LogP contribution < -0.4 is 10.6 Å². The Morgan fingerprint density at radius 1 is 1.44 bits per heavy atom. The molecule has 2 amide bonds. The summed E-state index contributed by atoms with van der Waals surface area (Å²) in [4.78, 5) is 11.5. The van der Waals surface area contributed by atoms with Crippen LogP contribution in [0.25, 0.3) is 0 Å². The Morgan fingerprint density at radius 2 is 2.06 bits per heavy atom. The Hall–Kier alpha value is -1.26. The summed E-state index contributed by atoms with van der Waals surface area (Å²) in [5.41, 5.74) is 0.700. The van der Waals surface area contributed by atoms with Crippen LogP contribution in [0.4, 0.5) is 10.5 Å². The average Bonchev–Trinajstić information content (AvgIpc) is 2.21. The number of benzene rings is 1. The zero-order valence-electron chi connectivity index (χ0n) is 9.29. The molecule has 0 fully saturated rings. The highest BCUT2D eigenvalue weighted by atomic mass is 35.5. The number of anilines is 1. The molecule has 1 aromatic rings. The number of carbonyl (C=O) groups excluding carboxylic acids is 1. The van der Waals surface area contributed by atoms with Crippen LogP contribution >= 0.6 is 11.6 Å². The molecular formula is C11H15ClN2O2. The van der Waals surface area contributed by atoms with Crippen molar-refractivity contribution >= 4 is 23.3 Å². The molecule has 1 atom stereocenters. The van der Waals surface area contributed by atoms with Crippen LogP contribution in [0.3, 0.4) is 0 Å². The molecule has 88 valence electrons. The molecule has 0 radical (unpaired) electrons. The lowest BCUT2D eigenvalue weighted by molar-refractivity contribution is 0.173. The van der Waals surface area contributed by atoms with Crippen molar-refractivity contribution in [1.82, 2.24) is 5.32 Å². The molecule has 1 aromatic carbocycles. The summed E-state index contributed by atoms with van der Waals surface area (Å²) >= 11 is 5.73. The second-order valence-electron chi connectivity index (χ2n) is 3.46. The number of halogens is 1. The number of rotatable bonds is 4. The van der Waals surface area contributed by atoms with Crippen molar-refractivity contribution in [3.05, 3.63) is 29.3 Å². The normalized spacial score (nSPS) is 11.9. The topological polar surface area (TPSA) is 50.4 Å². The van der Waals surface area contributed by atoms with Gasteiger partial charge in [-0.05, 0) is 31.2 Å². The Balaban J connectivity index is 2.42. The Kier molecular flexibility index (Phi) is 5.08. The van der Waals surface area contributed by atoms with Gasteiger partial charge in [-0.15, -0.1) is 0 Å².